The van der Waals surface area contributed by atoms with Crippen LogP contribution < -0.4 is 31.6 Å². The van der Waals surface area contributed by atoms with Gasteiger partial charge in [-0.15, -0.1) is 0 Å². The number of halogens is 1. The molecule has 0 saturated carbocycles. The van der Waals surface area contributed by atoms with Gasteiger partial charge in [0.2, 0.25) is 5.91 Å². The van der Waals surface area contributed by atoms with E-state index in [4.69, 9.17) is 4.74 Å². The molecule has 44 heavy (non-hydrogen) atoms. The van der Waals surface area contributed by atoms with Crippen LogP contribution in [-0.4, -0.2) is 18.3 Å². The molecule has 6 heteroatoms. The summed E-state index contributed by atoms with van der Waals surface area (Å²) in [6.45, 7) is 9.26. The Hall–Kier alpha value is -2.99. The molecule has 0 aliphatic rings. The minimum absolute atomic E-state index is 0. The molecule has 0 atom stereocenters. The number of nitrogens with zero attached hydrogens (tertiary/aromatic N) is 1. The number of para-hydroxylation sites is 1. The number of hydrogen-bond acceptors (Lipinski definition) is 3. The number of nitrogens with one attached hydrogen (secondary N) is 1. The van der Waals surface area contributed by atoms with Crippen LogP contribution in [0.15, 0.2) is 60.9 Å². The van der Waals surface area contributed by atoms with E-state index in [0.717, 1.165) is 29.7 Å². The molecule has 2 aromatic carbocycles. The first-order valence-corrected chi connectivity index (χ1v) is 16.5. The first-order valence-electron chi connectivity index (χ1n) is 16.5. The number of unbranched alkanes of at least 4 members (excludes halogenated alkanes) is 11. The van der Waals surface area contributed by atoms with Crippen LogP contribution in [0.4, 0.5) is 5.69 Å². The van der Waals surface area contributed by atoms with E-state index in [1.165, 1.54) is 75.3 Å². The molecule has 0 bridgehead atoms. The summed E-state index contributed by atoms with van der Waals surface area (Å²) in [7, 11) is 0. The molecule has 0 aliphatic carbocycles. The Morgan fingerprint density at radius 2 is 1.36 bits per heavy atom. The smallest absolute Gasteiger partial charge is 0.228 e. The molecule has 0 unspecified atom stereocenters. The molecule has 3 rings (SSSR count). The predicted molar refractivity (Wildman–Crippen MR) is 177 cm³/mol. The molecule has 1 amide bonds. The van der Waals surface area contributed by atoms with Crippen LogP contribution in [0.1, 0.15) is 124 Å². The highest BCUT2D eigenvalue weighted by Crippen LogP contribution is 2.23. The number of rotatable bonds is 20. The van der Waals surface area contributed by atoms with Gasteiger partial charge in [-0.05, 0) is 57.0 Å². The van der Waals surface area contributed by atoms with Gasteiger partial charge in [-0.3, -0.25) is 9.59 Å². The van der Waals surface area contributed by atoms with E-state index < -0.39 is 0 Å². The second kappa shape index (κ2) is 20.9. The fourth-order valence-corrected chi connectivity index (χ4v) is 5.66. The Morgan fingerprint density at radius 3 is 1.98 bits per heavy atom. The van der Waals surface area contributed by atoms with Crippen LogP contribution in [0.3, 0.4) is 0 Å². The van der Waals surface area contributed by atoms with Gasteiger partial charge in [0.25, 0.3) is 0 Å². The summed E-state index contributed by atoms with van der Waals surface area (Å²) in [5.41, 5.74) is 5.57. The maximum Gasteiger partial charge on any atom is 0.228 e. The molecule has 0 fully saturated rings. The third-order valence-electron chi connectivity index (χ3n) is 7.88. The van der Waals surface area contributed by atoms with Crippen molar-refractivity contribution in [2.75, 3.05) is 11.9 Å². The minimum Gasteiger partial charge on any atom is -1.00 e. The van der Waals surface area contributed by atoms with E-state index in [9.17, 15) is 9.59 Å². The zero-order chi connectivity index (χ0) is 30.9. The Kier molecular flexibility index (Phi) is 17.6. The Labute approximate surface area is 276 Å². The third-order valence-corrected chi connectivity index (χ3v) is 7.88. The fraction of sp³-hybridized carbons (Fsp3) is 0.500. The predicted octanol–water partition coefficient (Wildman–Crippen LogP) is 6.11. The van der Waals surface area contributed by atoms with E-state index in [2.05, 4.69) is 49.1 Å². The van der Waals surface area contributed by atoms with Gasteiger partial charge in [0, 0.05) is 16.7 Å². The summed E-state index contributed by atoms with van der Waals surface area (Å²) in [6.07, 6.45) is 20.0. The molecule has 0 saturated heterocycles. The van der Waals surface area contributed by atoms with Gasteiger partial charge in [0.15, 0.2) is 24.7 Å². The minimum atomic E-state index is -0.113. The summed E-state index contributed by atoms with van der Waals surface area (Å²) < 4.78 is 8.15. The highest BCUT2D eigenvalue weighted by Gasteiger charge is 2.15. The number of hydrogen-bond donors (Lipinski definition) is 1. The molecule has 5 nitrogen and oxygen atoms in total. The molecule has 3 aromatic rings. The Bertz CT molecular complexity index is 1290. The maximum atomic E-state index is 13.0. The average Bonchev–Trinajstić information content (AvgIpc) is 2.96. The van der Waals surface area contributed by atoms with E-state index in [-0.39, 0.29) is 35.1 Å². The molecule has 1 aromatic heterocycles. The first-order chi connectivity index (χ1) is 20.9. The van der Waals surface area contributed by atoms with Crippen molar-refractivity contribution in [3.05, 3.63) is 88.7 Å². The highest BCUT2D eigenvalue weighted by atomic mass is 79.9. The standard InChI is InChI=1S/C38H52N2O3.BrH/c1-5-6-7-8-9-10-11-12-13-14-15-18-23-43-37-22-21-33(25-35(37)32(4)41)26-38(42)39-36-20-17-16-19-34(36)29-40-27-30(2)24-31(3)28-40;/h16-17,19-22,24-25,27-28H,5-15,18,23,26,29H2,1-4H3;1H. The normalized spacial score (nSPS) is 10.7. The molecule has 0 spiro atoms. The van der Waals surface area contributed by atoms with Crippen molar-refractivity contribution in [2.45, 2.75) is 118 Å². The second-order valence-corrected chi connectivity index (χ2v) is 12.1. The molecule has 1 N–H and O–H groups in total. The summed E-state index contributed by atoms with van der Waals surface area (Å²) >= 11 is 0. The van der Waals surface area contributed by atoms with Gasteiger partial charge in [0.05, 0.1) is 24.3 Å². The lowest BCUT2D eigenvalue weighted by Crippen LogP contribution is -3.00. The number of aromatic nitrogens is 1. The summed E-state index contributed by atoms with van der Waals surface area (Å²) in [5, 5.41) is 3.08. The second-order valence-electron chi connectivity index (χ2n) is 12.1. The first kappa shape index (κ1) is 37.2. The van der Waals surface area contributed by atoms with Crippen molar-refractivity contribution in [1.29, 1.82) is 0 Å². The average molecular weight is 666 g/mol. The zero-order valence-electron chi connectivity index (χ0n) is 27.4. The number of carbonyl (C=O) groups is 2. The number of ketones is 1. The van der Waals surface area contributed by atoms with Gasteiger partial charge in [-0.2, -0.15) is 0 Å². The van der Waals surface area contributed by atoms with Crippen LogP contribution >= 0.6 is 0 Å². The van der Waals surface area contributed by atoms with Crippen molar-refractivity contribution < 1.29 is 35.9 Å². The van der Waals surface area contributed by atoms with Crippen molar-refractivity contribution >= 4 is 17.4 Å². The summed E-state index contributed by atoms with van der Waals surface area (Å²) in [5.74, 6) is 0.441. The highest BCUT2D eigenvalue weighted by molar-refractivity contribution is 5.98. The quantitative estimate of drug-likeness (QED) is 0.0901. The lowest BCUT2D eigenvalue weighted by atomic mass is 10.0. The SMILES string of the molecule is CCCCCCCCCCCCCCOc1ccc(CC(=O)Nc2ccccc2C[n+]2cc(C)cc(C)c2)cc1C(C)=O.[Br-]. The van der Waals surface area contributed by atoms with Crippen molar-refractivity contribution in [3.8, 4) is 5.75 Å². The fourth-order valence-electron chi connectivity index (χ4n) is 5.66. The van der Waals surface area contributed by atoms with Crippen LogP contribution in [-0.2, 0) is 17.8 Å². The van der Waals surface area contributed by atoms with Crippen molar-refractivity contribution in [3.63, 3.8) is 0 Å². The molecular formula is C38H53BrN2O3. The lowest BCUT2D eigenvalue weighted by molar-refractivity contribution is -0.688. The number of pyridine rings is 1. The lowest BCUT2D eigenvalue weighted by Gasteiger charge is -2.13. The van der Waals surface area contributed by atoms with Crippen LogP contribution in [0, 0.1) is 13.8 Å². The topological polar surface area (TPSA) is 59.3 Å². The number of anilines is 1. The van der Waals surface area contributed by atoms with Gasteiger partial charge >= 0.3 is 0 Å². The number of carbonyl (C=O) groups excluding carboxylic acids is 2. The van der Waals surface area contributed by atoms with Gasteiger partial charge in [-0.1, -0.05) is 102 Å². The number of amides is 1. The van der Waals surface area contributed by atoms with Gasteiger partial charge < -0.3 is 27.0 Å². The Morgan fingerprint density at radius 1 is 0.773 bits per heavy atom. The van der Waals surface area contributed by atoms with E-state index >= 15 is 0 Å². The van der Waals surface area contributed by atoms with E-state index in [0.29, 0.717) is 24.5 Å². The molecule has 0 aliphatic heterocycles. The molecule has 1 heterocycles. The van der Waals surface area contributed by atoms with Crippen LogP contribution in [0.2, 0.25) is 0 Å². The monoisotopic (exact) mass is 664 g/mol. The van der Waals surface area contributed by atoms with Gasteiger partial charge in [0.1, 0.15) is 5.75 Å². The number of ether oxygens (including phenoxy) is 1. The van der Waals surface area contributed by atoms with Crippen LogP contribution in [0.25, 0.3) is 0 Å². The van der Waals surface area contributed by atoms with Crippen molar-refractivity contribution in [2.24, 2.45) is 0 Å². The maximum absolute atomic E-state index is 13.0. The third kappa shape index (κ3) is 13.8. The van der Waals surface area contributed by atoms with Crippen LogP contribution in [0.5, 0.6) is 5.75 Å². The zero-order valence-corrected chi connectivity index (χ0v) is 29.0. The van der Waals surface area contributed by atoms with Gasteiger partial charge in [-0.25, -0.2) is 4.57 Å². The van der Waals surface area contributed by atoms with E-state index in [1.54, 1.807) is 13.0 Å². The number of benzene rings is 2. The Balaban J connectivity index is 0.00000675. The van der Waals surface area contributed by atoms with E-state index in [1.807, 2.05) is 36.4 Å². The molecular weight excluding hydrogens is 612 g/mol. The number of Topliss-reactive ketones (excluding diaryl/α,β-unsaturated/α-hetero) is 1. The molecule has 0 radical (unpaired) electrons. The summed E-state index contributed by atoms with van der Waals surface area (Å²) in [6, 6.07) is 15.6. The molecule has 240 valence electrons. The van der Waals surface area contributed by atoms with Crippen molar-refractivity contribution in [1.82, 2.24) is 0 Å². The largest absolute Gasteiger partial charge is 1.00 e. The summed E-state index contributed by atoms with van der Waals surface area (Å²) in [4.78, 5) is 25.4. The number of aryl methyl sites for hydroxylation is 2.